The van der Waals surface area contributed by atoms with Crippen LogP contribution >= 0.6 is 11.6 Å². The van der Waals surface area contributed by atoms with E-state index in [2.05, 4.69) is 72.2 Å². The zero-order valence-corrected chi connectivity index (χ0v) is 15.2. The van der Waals surface area contributed by atoms with Crippen LogP contribution in [0.3, 0.4) is 0 Å². The van der Waals surface area contributed by atoms with Crippen LogP contribution in [-0.2, 0) is 0 Å². The number of para-hydroxylation sites is 1. The fourth-order valence-electron chi connectivity index (χ4n) is 3.24. The molecule has 0 unspecified atom stereocenters. The molecule has 2 N–H and O–H groups in total. The van der Waals surface area contributed by atoms with Gasteiger partial charge in [-0.25, -0.2) is 0 Å². The Hall–Kier alpha value is -2.97. The highest BCUT2D eigenvalue weighted by Crippen LogP contribution is 2.34. The maximum absolute atomic E-state index is 6.08. The van der Waals surface area contributed by atoms with Crippen molar-refractivity contribution in [1.29, 1.82) is 0 Å². The summed E-state index contributed by atoms with van der Waals surface area (Å²) in [6.07, 6.45) is 0. The highest BCUT2D eigenvalue weighted by atomic mass is 35.5. The lowest BCUT2D eigenvalue weighted by Gasteiger charge is -2.16. The van der Waals surface area contributed by atoms with Crippen molar-refractivity contribution in [2.45, 2.75) is 6.92 Å². The summed E-state index contributed by atoms with van der Waals surface area (Å²) in [5.41, 5.74) is 13.5. The van der Waals surface area contributed by atoms with Crippen LogP contribution in [0.5, 0.6) is 0 Å². The largest absolute Gasteiger partial charge is 0.399 e. The zero-order valence-electron chi connectivity index (χ0n) is 14.5. The Morgan fingerprint density at radius 2 is 1.23 bits per heavy atom. The number of anilines is 1. The van der Waals surface area contributed by atoms with Gasteiger partial charge in [0.2, 0.25) is 0 Å². The van der Waals surface area contributed by atoms with Gasteiger partial charge in [0.1, 0.15) is 0 Å². The summed E-state index contributed by atoms with van der Waals surface area (Å²) in [6.45, 7) is 2.13. The molecule has 0 amide bonds. The molecule has 2 nitrogen and oxygen atoms in total. The number of benzene rings is 3. The highest BCUT2D eigenvalue weighted by molar-refractivity contribution is 6.30. The van der Waals surface area contributed by atoms with E-state index >= 15 is 0 Å². The van der Waals surface area contributed by atoms with Crippen molar-refractivity contribution in [3.05, 3.63) is 95.5 Å². The van der Waals surface area contributed by atoms with Gasteiger partial charge in [-0.15, -0.1) is 0 Å². The molecule has 26 heavy (non-hydrogen) atoms. The van der Waals surface area contributed by atoms with Gasteiger partial charge >= 0.3 is 0 Å². The van der Waals surface area contributed by atoms with Gasteiger partial charge in [0.25, 0.3) is 0 Å². The maximum atomic E-state index is 6.08. The van der Waals surface area contributed by atoms with E-state index in [1.807, 2.05) is 24.3 Å². The number of nitrogen functional groups attached to an aromatic ring is 1. The SMILES string of the molecule is Cc1ccccc1-n1c(-c2ccc(N)cc2)ccc1-c1ccc(Cl)cc1. The van der Waals surface area contributed by atoms with Crippen LogP contribution in [0.25, 0.3) is 28.2 Å². The summed E-state index contributed by atoms with van der Waals surface area (Å²) in [5.74, 6) is 0. The van der Waals surface area contributed by atoms with Crippen LogP contribution in [-0.4, -0.2) is 4.57 Å². The van der Waals surface area contributed by atoms with Gasteiger partial charge in [0, 0.05) is 16.4 Å². The first-order valence-electron chi connectivity index (χ1n) is 8.53. The summed E-state index contributed by atoms with van der Waals surface area (Å²) >= 11 is 6.08. The lowest BCUT2D eigenvalue weighted by Crippen LogP contribution is -2.01. The van der Waals surface area contributed by atoms with Crippen molar-refractivity contribution in [1.82, 2.24) is 4.57 Å². The van der Waals surface area contributed by atoms with E-state index in [0.29, 0.717) is 0 Å². The molecular formula is C23H19ClN2. The van der Waals surface area contributed by atoms with Gasteiger partial charge in [-0.05, 0) is 66.1 Å². The molecule has 0 aliphatic rings. The first kappa shape index (κ1) is 16.5. The van der Waals surface area contributed by atoms with Crippen molar-refractivity contribution in [2.75, 3.05) is 5.73 Å². The van der Waals surface area contributed by atoms with E-state index in [0.717, 1.165) is 38.9 Å². The predicted octanol–water partition coefficient (Wildman–Crippen LogP) is 6.36. The molecule has 1 heterocycles. The molecule has 0 atom stereocenters. The van der Waals surface area contributed by atoms with Crippen LogP contribution in [0.15, 0.2) is 84.9 Å². The number of halogens is 1. The second kappa shape index (κ2) is 6.74. The van der Waals surface area contributed by atoms with Crippen LogP contribution in [0.2, 0.25) is 5.02 Å². The third-order valence-electron chi connectivity index (χ3n) is 4.58. The minimum Gasteiger partial charge on any atom is -0.399 e. The van der Waals surface area contributed by atoms with Gasteiger partial charge in [0.15, 0.2) is 0 Å². The van der Waals surface area contributed by atoms with Crippen LogP contribution < -0.4 is 5.73 Å². The van der Waals surface area contributed by atoms with Crippen molar-refractivity contribution in [3.63, 3.8) is 0 Å². The topological polar surface area (TPSA) is 30.9 Å². The van der Waals surface area contributed by atoms with Crippen molar-refractivity contribution in [2.24, 2.45) is 0 Å². The Bertz CT molecular complexity index is 982. The third-order valence-corrected chi connectivity index (χ3v) is 4.84. The van der Waals surface area contributed by atoms with Gasteiger partial charge < -0.3 is 10.3 Å². The second-order valence-corrected chi connectivity index (χ2v) is 6.79. The summed E-state index contributed by atoms with van der Waals surface area (Å²) in [4.78, 5) is 0. The first-order chi connectivity index (χ1) is 12.6. The van der Waals surface area contributed by atoms with E-state index < -0.39 is 0 Å². The van der Waals surface area contributed by atoms with E-state index in [-0.39, 0.29) is 0 Å². The molecule has 0 spiro atoms. The van der Waals surface area contributed by atoms with Crippen molar-refractivity contribution < 1.29 is 0 Å². The molecule has 3 aromatic carbocycles. The average molecular weight is 359 g/mol. The summed E-state index contributed by atoms with van der Waals surface area (Å²) in [5, 5.41) is 0.738. The number of nitrogens with zero attached hydrogens (tertiary/aromatic N) is 1. The molecule has 0 aliphatic heterocycles. The van der Waals surface area contributed by atoms with Crippen molar-refractivity contribution in [3.8, 4) is 28.2 Å². The Labute approximate surface area is 158 Å². The Balaban J connectivity index is 1.97. The normalized spacial score (nSPS) is 10.8. The number of aromatic nitrogens is 1. The molecule has 4 aromatic rings. The molecule has 0 bridgehead atoms. The molecule has 4 rings (SSSR count). The monoisotopic (exact) mass is 358 g/mol. The second-order valence-electron chi connectivity index (χ2n) is 6.35. The standard InChI is InChI=1S/C23H19ClN2/c1-16-4-2-3-5-21(16)26-22(17-6-10-19(24)11-7-17)14-15-23(26)18-8-12-20(25)13-9-18/h2-15H,25H2,1H3. The number of hydrogen-bond donors (Lipinski definition) is 1. The Morgan fingerprint density at radius 1 is 0.692 bits per heavy atom. The van der Waals surface area contributed by atoms with Gasteiger partial charge in [-0.1, -0.05) is 54.1 Å². The molecular weight excluding hydrogens is 340 g/mol. The number of rotatable bonds is 3. The predicted molar refractivity (Wildman–Crippen MR) is 111 cm³/mol. The number of hydrogen-bond acceptors (Lipinski definition) is 1. The summed E-state index contributed by atoms with van der Waals surface area (Å²) < 4.78 is 2.30. The van der Waals surface area contributed by atoms with Crippen LogP contribution in [0.1, 0.15) is 5.56 Å². The third kappa shape index (κ3) is 3.00. The van der Waals surface area contributed by atoms with E-state index in [1.54, 1.807) is 0 Å². The van der Waals surface area contributed by atoms with Gasteiger partial charge in [0.05, 0.1) is 11.4 Å². The number of aryl methyl sites for hydroxylation is 1. The fourth-order valence-corrected chi connectivity index (χ4v) is 3.36. The lowest BCUT2D eigenvalue weighted by atomic mass is 10.1. The molecule has 3 heteroatoms. The molecule has 128 valence electrons. The molecule has 0 aliphatic carbocycles. The van der Waals surface area contributed by atoms with E-state index in [1.165, 1.54) is 5.56 Å². The molecule has 1 aromatic heterocycles. The quantitative estimate of drug-likeness (QED) is 0.425. The maximum Gasteiger partial charge on any atom is 0.0535 e. The van der Waals surface area contributed by atoms with Crippen LogP contribution in [0.4, 0.5) is 5.69 Å². The average Bonchev–Trinajstić information content (AvgIpc) is 3.08. The Morgan fingerprint density at radius 3 is 1.81 bits per heavy atom. The summed E-state index contributed by atoms with van der Waals surface area (Å²) in [7, 11) is 0. The minimum atomic E-state index is 0.738. The first-order valence-corrected chi connectivity index (χ1v) is 8.91. The zero-order chi connectivity index (χ0) is 18.1. The molecule has 0 radical (unpaired) electrons. The van der Waals surface area contributed by atoms with Crippen molar-refractivity contribution >= 4 is 17.3 Å². The highest BCUT2D eigenvalue weighted by Gasteiger charge is 2.14. The minimum absolute atomic E-state index is 0.738. The van der Waals surface area contributed by atoms with E-state index in [4.69, 9.17) is 17.3 Å². The molecule has 0 saturated heterocycles. The molecule has 0 fully saturated rings. The van der Waals surface area contributed by atoms with Gasteiger partial charge in [-0.3, -0.25) is 0 Å². The molecule has 0 saturated carbocycles. The fraction of sp³-hybridized carbons (Fsp3) is 0.0435. The smallest absolute Gasteiger partial charge is 0.0535 e. The summed E-state index contributed by atoms with van der Waals surface area (Å²) in [6, 6.07) is 28.7. The lowest BCUT2D eigenvalue weighted by molar-refractivity contribution is 1.07. The number of nitrogens with two attached hydrogens (primary N) is 1. The van der Waals surface area contributed by atoms with E-state index in [9.17, 15) is 0 Å². The Kier molecular flexibility index (Phi) is 4.27. The van der Waals surface area contributed by atoms with Crippen LogP contribution in [0, 0.1) is 6.92 Å². The van der Waals surface area contributed by atoms with Gasteiger partial charge in [-0.2, -0.15) is 0 Å².